The lowest BCUT2D eigenvalue weighted by Crippen LogP contribution is -2.45. The molecule has 0 unspecified atom stereocenters. The summed E-state index contributed by atoms with van der Waals surface area (Å²) in [5, 5.41) is 2.78. The third kappa shape index (κ3) is 5.09. The lowest BCUT2D eigenvalue weighted by molar-refractivity contribution is -0.132. The molecule has 2 aromatic carbocycles. The summed E-state index contributed by atoms with van der Waals surface area (Å²) < 4.78 is 0. The van der Waals surface area contributed by atoms with Gasteiger partial charge in [-0.3, -0.25) is 9.59 Å². The van der Waals surface area contributed by atoms with E-state index >= 15 is 0 Å². The van der Waals surface area contributed by atoms with Gasteiger partial charge in [-0.25, -0.2) is 0 Å². The average molecular weight is 353 g/mol. The van der Waals surface area contributed by atoms with Crippen molar-refractivity contribution in [2.75, 3.05) is 26.0 Å². The van der Waals surface area contributed by atoms with Crippen LogP contribution < -0.4 is 10.2 Å². The van der Waals surface area contributed by atoms with Gasteiger partial charge in [-0.05, 0) is 43.7 Å². The summed E-state index contributed by atoms with van der Waals surface area (Å²) >= 11 is 0. The van der Waals surface area contributed by atoms with Crippen molar-refractivity contribution in [1.82, 2.24) is 10.2 Å². The van der Waals surface area contributed by atoms with Crippen LogP contribution in [0.3, 0.4) is 0 Å². The molecule has 1 N–H and O–H groups in total. The third-order valence-corrected chi connectivity index (χ3v) is 4.25. The van der Waals surface area contributed by atoms with Gasteiger partial charge in [-0.15, -0.1) is 0 Å². The highest BCUT2D eigenvalue weighted by Gasteiger charge is 2.20. The topological polar surface area (TPSA) is 52.7 Å². The second-order valence-corrected chi connectivity index (χ2v) is 6.82. The van der Waals surface area contributed by atoms with Gasteiger partial charge in [0.2, 0.25) is 5.91 Å². The highest BCUT2D eigenvalue weighted by atomic mass is 16.2. The number of likely N-dealkylation sites (N-methyl/N-ethyl adjacent to an activating group) is 1. The first kappa shape index (κ1) is 19.5. The summed E-state index contributed by atoms with van der Waals surface area (Å²) in [6.45, 7) is 4.14. The van der Waals surface area contributed by atoms with Crippen LogP contribution >= 0.6 is 0 Å². The minimum absolute atomic E-state index is 0.123. The molecule has 2 aromatic rings. The maximum absolute atomic E-state index is 12.6. The SMILES string of the molecule is Cc1cccc(C(=O)N[C@@H](C)C(=O)N(C)Cc2ccc(N(C)C)cc2)c1. The monoisotopic (exact) mass is 353 g/mol. The molecule has 1 atom stereocenters. The van der Waals surface area contributed by atoms with Crippen LogP contribution in [0, 0.1) is 6.92 Å². The number of anilines is 1. The molecule has 0 saturated heterocycles. The number of rotatable bonds is 6. The summed E-state index contributed by atoms with van der Waals surface area (Å²) in [7, 11) is 5.73. The second kappa shape index (κ2) is 8.52. The fourth-order valence-electron chi connectivity index (χ4n) is 2.71. The Bertz CT molecular complexity index is 769. The molecule has 0 aromatic heterocycles. The molecule has 0 fully saturated rings. The van der Waals surface area contributed by atoms with Crippen LogP contribution in [0.15, 0.2) is 48.5 Å². The Morgan fingerprint density at radius 2 is 1.69 bits per heavy atom. The first-order chi connectivity index (χ1) is 12.3. The molecule has 138 valence electrons. The van der Waals surface area contributed by atoms with Crippen LogP contribution in [0.25, 0.3) is 0 Å². The third-order valence-electron chi connectivity index (χ3n) is 4.25. The molecular formula is C21H27N3O2. The highest BCUT2D eigenvalue weighted by molar-refractivity contribution is 5.97. The van der Waals surface area contributed by atoms with Gasteiger partial charge < -0.3 is 15.1 Å². The fourth-order valence-corrected chi connectivity index (χ4v) is 2.71. The van der Waals surface area contributed by atoms with Crippen LogP contribution in [-0.2, 0) is 11.3 Å². The number of hydrogen-bond donors (Lipinski definition) is 1. The summed E-state index contributed by atoms with van der Waals surface area (Å²) in [4.78, 5) is 28.5. The van der Waals surface area contributed by atoms with E-state index in [2.05, 4.69) is 5.32 Å². The minimum atomic E-state index is -0.589. The molecule has 0 radical (unpaired) electrons. The van der Waals surface area contributed by atoms with Crippen LogP contribution in [0.1, 0.15) is 28.4 Å². The number of amides is 2. The zero-order valence-corrected chi connectivity index (χ0v) is 16.1. The maximum atomic E-state index is 12.6. The number of benzene rings is 2. The van der Waals surface area contributed by atoms with Gasteiger partial charge in [0.05, 0.1) is 0 Å². The average Bonchev–Trinajstić information content (AvgIpc) is 2.61. The Morgan fingerprint density at radius 3 is 2.27 bits per heavy atom. The van der Waals surface area contributed by atoms with E-state index in [0.717, 1.165) is 16.8 Å². The standard InChI is InChI=1S/C21H27N3O2/c1-15-7-6-8-18(13-15)20(25)22-16(2)21(26)24(5)14-17-9-11-19(12-10-17)23(3)4/h6-13,16H,14H2,1-5H3,(H,22,25)/t16-/m0/s1. The van der Waals surface area contributed by atoms with Crippen molar-refractivity contribution in [3.8, 4) is 0 Å². The van der Waals surface area contributed by atoms with Crippen LogP contribution in [-0.4, -0.2) is 43.9 Å². The minimum Gasteiger partial charge on any atom is -0.378 e. The van der Waals surface area contributed by atoms with Gasteiger partial charge in [-0.2, -0.15) is 0 Å². The number of nitrogens with zero attached hydrogens (tertiary/aromatic N) is 2. The van der Waals surface area contributed by atoms with E-state index in [1.54, 1.807) is 24.9 Å². The molecule has 0 spiro atoms. The molecule has 0 saturated carbocycles. The van der Waals surface area contributed by atoms with Crippen LogP contribution in [0.2, 0.25) is 0 Å². The van der Waals surface area contributed by atoms with E-state index in [1.165, 1.54) is 0 Å². The maximum Gasteiger partial charge on any atom is 0.251 e. The Labute approximate surface area is 155 Å². The first-order valence-corrected chi connectivity index (χ1v) is 8.66. The Kier molecular flexibility index (Phi) is 6.39. The van der Waals surface area contributed by atoms with E-state index in [1.807, 2.05) is 68.4 Å². The Hall–Kier alpha value is -2.82. The van der Waals surface area contributed by atoms with Crippen molar-refractivity contribution in [2.24, 2.45) is 0 Å². The predicted molar refractivity (Wildman–Crippen MR) is 105 cm³/mol. The predicted octanol–water partition coefficient (Wildman–Crippen LogP) is 2.84. The van der Waals surface area contributed by atoms with Crippen molar-refractivity contribution in [3.63, 3.8) is 0 Å². The molecule has 5 heteroatoms. The normalized spacial score (nSPS) is 11.6. The van der Waals surface area contributed by atoms with Crippen molar-refractivity contribution < 1.29 is 9.59 Å². The molecule has 2 rings (SSSR count). The smallest absolute Gasteiger partial charge is 0.251 e. The Morgan fingerprint density at radius 1 is 1.04 bits per heavy atom. The number of hydrogen-bond acceptors (Lipinski definition) is 3. The molecule has 26 heavy (non-hydrogen) atoms. The molecular weight excluding hydrogens is 326 g/mol. The van der Waals surface area contributed by atoms with Crippen molar-refractivity contribution in [3.05, 3.63) is 65.2 Å². The first-order valence-electron chi connectivity index (χ1n) is 8.66. The van der Waals surface area contributed by atoms with Crippen molar-refractivity contribution in [1.29, 1.82) is 0 Å². The quantitative estimate of drug-likeness (QED) is 0.869. The van der Waals surface area contributed by atoms with Gasteiger partial charge in [0.15, 0.2) is 0 Å². The molecule has 0 aliphatic carbocycles. The second-order valence-electron chi connectivity index (χ2n) is 6.82. The largest absolute Gasteiger partial charge is 0.378 e. The van der Waals surface area contributed by atoms with Crippen LogP contribution in [0.5, 0.6) is 0 Å². The number of aryl methyl sites for hydroxylation is 1. The molecule has 0 aliphatic heterocycles. The summed E-state index contributed by atoms with van der Waals surface area (Å²) in [5.74, 6) is -0.360. The fraction of sp³-hybridized carbons (Fsp3) is 0.333. The van der Waals surface area contributed by atoms with E-state index in [-0.39, 0.29) is 11.8 Å². The lowest BCUT2D eigenvalue weighted by Gasteiger charge is -2.22. The molecule has 0 aliphatic rings. The molecule has 2 amide bonds. The zero-order valence-electron chi connectivity index (χ0n) is 16.1. The number of nitrogens with one attached hydrogen (secondary N) is 1. The van der Waals surface area contributed by atoms with Crippen LogP contribution in [0.4, 0.5) is 5.69 Å². The summed E-state index contributed by atoms with van der Waals surface area (Å²) in [5.41, 5.74) is 3.73. The van der Waals surface area contributed by atoms with Gasteiger partial charge in [0.25, 0.3) is 5.91 Å². The summed E-state index contributed by atoms with van der Waals surface area (Å²) in [6.07, 6.45) is 0. The van der Waals surface area contributed by atoms with Gasteiger partial charge in [-0.1, -0.05) is 29.8 Å². The number of carbonyl (C=O) groups is 2. The van der Waals surface area contributed by atoms with Gasteiger partial charge >= 0.3 is 0 Å². The van der Waals surface area contributed by atoms with E-state index in [9.17, 15) is 9.59 Å². The van der Waals surface area contributed by atoms with Gasteiger partial charge in [0.1, 0.15) is 6.04 Å². The van der Waals surface area contributed by atoms with Crippen molar-refractivity contribution in [2.45, 2.75) is 26.4 Å². The lowest BCUT2D eigenvalue weighted by atomic mass is 10.1. The van der Waals surface area contributed by atoms with Gasteiger partial charge in [0, 0.05) is 38.9 Å². The molecule has 5 nitrogen and oxygen atoms in total. The zero-order chi connectivity index (χ0) is 19.3. The summed E-state index contributed by atoms with van der Waals surface area (Å²) in [6, 6.07) is 14.8. The van der Waals surface area contributed by atoms with Crippen molar-refractivity contribution >= 4 is 17.5 Å². The highest BCUT2D eigenvalue weighted by Crippen LogP contribution is 2.13. The molecule has 0 bridgehead atoms. The Balaban J connectivity index is 1.95. The number of carbonyl (C=O) groups excluding carboxylic acids is 2. The molecule has 0 heterocycles. The van der Waals surface area contributed by atoms with E-state index in [4.69, 9.17) is 0 Å². The van der Waals surface area contributed by atoms with E-state index in [0.29, 0.717) is 12.1 Å². The van der Waals surface area contributed by atoms with E-state index < -0.39 is 6.04 Å².